The van der Waals surface area contributed by atoms with E-state index in [1.54, 1.807) is 31.0 Å². The fourth-order valence-electron chi connectivity index (χ4n) is 3.09. The molecular formula is C22H28ClN3O2. The maximum atomic E-state index is 12.6. The van der Waals surface area contributed by atoms with Gasteiger partial charge in [0.2, 0.25) is 11.8 Å². The van der Waals surface area contributed by atoms with Gasteiger partial charge >= 0.3 is 0 Å². The van der Waals surface area contributed by atoms with Crippen molar-refractivity contribution in [3.63, 3.8) is 0 Å². The Morgan fingerprint density at radius 1 is 1.00 bits per heavy atom. The third-order valence-electron chi connectivity index (χ3n) is 4.83. The smallest absolute Gasteiger partial charge is 0.241 e. The highest BCUT2D eigenvalue weighted by molar-refractivity contribution is 6.31. The molecule has 0 fully saturated rings. The molecule has 1 unspecified atom stereocenters. The zero-order chi connectivity index (χ0) is 21.0. The van der Waals surface area contributed by atoms with Gasteiger partial charge < -0.3 is 10.6 Å². The molecule has 0 bridgehead atoms. The molecule has 28 heavy (non-hydrogen) atoms. The van der Waals surface area contributed by atoms with E-state index in [2.05, 4.69) is 10.6 Å². The van der Waals surface area contributed by atoms with Gasteiger partial charge in [-0.25, -0.2) is 0 Å². The van der Waals surface area contributed by atoms with Crippen molar-refractivity contribution >= 4 is 34.8 Å². The highest BCUT2D eigenvalue weighted by Gasteiger charge is 2.21. The van der Waals surface area contributed by atoms with E-state index >= 15 is 0 Å². The molecule has 0 aliphatic heterocycles. The highest BCUT2D eigenvalue weighted by atomic mass is 35.5. The number of aryl methyl sites for hydroxylation is 4. The predicted octanol–water partition coefficient (Wildman–Crippen LogP) is 4.47. The summed E-state index contributed by atoms with van der Waals surface area (Å²) in [5, 5.41) is 6.41. The van der Waals surface area contributed by atoms with Gasteiger partial charge in [0.05, 0.1) is 12.6 Å². The maximum Gasteiger partial charge on any atom is 0.241 e. The van der Waals surface area contributed by atoms with Gasteiger partial charge in [-0.15, -0.1) is 0 Å². The van der Waals surface area contributed by atoms with E-state index in [-0.39, 0.29) is 18.4 Å². The summed E-state index contributed by atoms with van der Waals surface area (Å²) >= 11 is 6.01. The first kappa shape index (κ1) is 21.9. The van der Waals surface area contributed by atoms with E-state index in [9.17, 15) is 9.59 Å². The Balaban J connectivity index is 1.99. The minimum atomic E-state index is -0.482. The number of amides is 2. The molecule has 150 valence electrons. The monoisotopic (exact) mass is 401 g/mol. The summed E-state index contributed by atoms with van der Waals surface area (Å²) in [5.41, 5.74) is 5.64. The van der Waals surface area contributed by atoms with Gasteiger partial charge in [0.1, 0.15) is 0 Å². The lowest BCUT2D eigenvalue weighted by Gasteiger charge is -2.24. The van der Waals surface area contributed by atoms with E-state index in [1.165, 1.54) is 0 Å². The fraction of sp³-hybridized carbons (Fsp3) is 0.364. The standard InChI is InChI=1S/C22H28ClN3O2/c1-13-9-15(3)21(16(4)10-13)25-20(27)12-26(6)17(5)22(28)24-19-11-18(23)8-7-14(19)2/h7-11,17H,12H2,1-6H3,(H,24,28)(H,25,27). The second kappa shape index (κ2) is 9.22. The average molecular weight is 402 g/mol. The van der Waals surface area contributed by atoms with Crippen molar-refractivity contribution < 1.29 is 9.59 Å². The number of likely N-dealkylation sites (N-methyl/N-ethyl adjacent to an activating group) is 1. The number of carbonyl (C=O) groups is 2. The molecule has 2 amide bonds. The van der Waals surface area contributed by atoms with Crippen LogP contribution < -0.4 is 10.6 Å². The van der Waals surface area contributed by atoms with Crippen LogP contribution in [0.2, 0.25) is 5.02 Å². The lowest BCUT2D eigenvalue weighted by Crippen LogP contribution is -2.43. The number of anilines is 2. The maximum absolute atomic E-state index is 12.6. The number of nitrogens with one attached hydrogen (secondary N) is 2. The van der Waals surface area contributed by atoms with E-state index in [0.717, 1.165) is 27.9 Å². The summed E-state index contributed by atoms with van der Waals surface area (Å²) in [6.07, 6.45) is 0. The Hall–Kier alpha value is -2.37. The van der Waals surface area contributed by atoms with Crippen LogP contribution in [0, 0.1) is 27.7 Å². The number of nitrogens with zero attached hydrogens (tertiary/aromatic N) is 1. The van der Waals surface area contributed by atoms with Gasteiger partial charge in [0, 0.05) is 16.4 Å². The van der Waals surface area contributed by atoms with Crippen molar-refractivity contribution in [1.29, 1.82) is 0 Å². The Kier molecular flexibility index (Phi) is 7.22. The van der Waals surface area contributed by atoms with Gasteiger partial charge in [0.25, 0.3) is 0 Å². The van der Waals surface area contributed by atoms with E-state index in [0.29, 0.717) is 10.7 Å². The zero-order valence-electron chi connectivity index (χ0n) is 17.3. The van der Waals surface area contributed by atoms with Crippen LogP contribution in [0.5, 0.6) is 0 Å². The van der Waals surface area contributed by atoms with Gasteiger partial charge in [0.15, 0.2) is 0 Å². The lowest BCUT2D eigenvalue weighted by atomic mass is 10.1. The van der Waals surface area contributed by atoms with Crippen molar-refractivity contribution in [2.24, 2.45) is 0 Å². The number of hydrogen-bond donors (Lipinski definition) is 2. The van der Waals surface area contributed by atoms with Gasteiger partial charge in [-0.2, -0.15) is 0 Å². The minimum absolute atomic E-state index is 0.107. The summed E-state index contributed by atoms with van der Waals surface area (Å²) in [6, 6.07) is 8.94. The van der Waals surface area contributed by atoms with Crippen LogP contribution in [-0.4, -0.2) is 36.3 Å². The SMILES string of the molecule is Cc1cc(C)c(NC(=O)CN(C)C(C)C(=O)Nc2cc(Cl)ccc2C)c(C)c1. The fourth-order valence-corrected chi connectivity index (χ4v) is 3.26. The van der Waals surface area contributed by atoms with Crippen molar-refractivity contribution in [3.05, 3.63) is 57.6 Å². The average Bonchev–Trinajstić information content (AvgIpc) is 2.60. The van der Waals surface area contributed by atoms with Crippen LogP contribution >= 0.6 is 11.6 Å². The summed E-state index contributed by atoms with van der Waals surface area (Å²) in [5.74, 6) is -0.348. The van der Waals surface area contributed by atoms with E-state index < -0.39 is 6.04 Å². The Labute approximate surface area is 172 Å². The summed E-state index contributed by atoms with van der Waals surface area (Å²) in [6.45, 7) is 9.76. The number of carbonyl (C=O) groups excluding carboxylic acids is 2. The first-order chi connectivity index (χ1) is 13.1. The van der Waals surface area contributed by atoms with Crippen LogP contribution in [0.25, 0.3) is 0 Å². The number of halogens is 1. The topological polar surface area (TPSA) is 61.4 Å². The van der Waals surface area contributed by atoms with E-state index in [4.69, 9.17) is 11.6 Å². The molecule has 1 atom stereocenters. The third-order valence-corrected chi connectivity index (χ3v) is 5.07. The predicted molar refractivity (Wildman–Crippen MR) is 116 cm³/mol. The van der Waals surface area contributed by atoms with Crippen LogP contribution in [0.3, 0.4) is 0 Å². The normalized spacial score (nSPS) is 12.0. The van der Waals surface area contributed by atoms with Crippen molar-refractivity contribution in [1.82, 2.24) is 4.90 Å². The second-order valence-corrected chi connectivity index (χ2v) is 7.80. The number of rotatable bonds is 6. The van der Waals surface area contributed by atoms with Crippen LogP contribution in [0.4, 0.5) is 11.4 Å². The van der Waals surface area contributed by atoms with Crippen LogP contribution in [-0.2, 0) is 9.59 Å². The minimum Gasteiger partial charge on any atom is -0.324 e. The molecule has 2 N–H and O–H groups in total. The molecule has 0 saturated carbocycles. The van der Waals surface area contributed by atoms with Crippen LogP contribution in [0.15, 0.2) is 30.3 Å². The molecule has 0 heterocycles. The summed E-state index contributed by atoms with van der Waals surface area (Å²) in [4.78, 5) is 26.8. The molecule has 0 aliphatic carbocycles. The lowest BCUT2D eigenvalue weighted by molar-refractivity contribution is -0.122. The van der Waals surface area contributed by atoms with E-state index in [1.807, 2.05) is 45.9 Å². The van der Waals surface area contributed by atoms with Gasteiger partial charge in [-0.05, 0) is 70.5 Å². The summed E-state index contributed by atoms with van der Waals surface area (Å²) in [7, 11) is 1.75. The highest BCUT2D eigenvalue weighted by Crippen LogP contribution is 2.22. The largest absolute Gasteiger partial charge is 0.324 e. The molecule has 0 aliphatic rings. The molecule has 0 aromatic heterocycles. The van der Waals surface area contributed by atoms with Gasteiger partial charge in [-0.1, -0.05) is 35.4 Å². The molecule has 0 saturated heterocycles. The molecule has 0 radical (unpaired) electrons. The quantitative estimate of drug-likeness (QED) is 0.750. The molecule has 0 spiro atoms. The van der Waals surface area contributed by atoms with Crippen molar-refractivity contribution in [2.75, 3.05) is 24.2 Å². The molecule has 6 heteroatoms. The Bertz CT molecular complexity index is 872. The zero-order valence-corrected chi connectivity index (χ0v) is 18.1. The Morgan fingerprint density at radius 2 is 1.61 bits per heavy atom. The molecule has 2 aromatic carbocycles. The molecule has 2 aromatic rings. The van der Waals surface area contributed by atoms with Gasteiger partial charge in [-0.3, -0.25) is 14.5 Å². The summed E-state index contributed by atoms with van der Waals surface area (Å²) < 4.78 is 0. The van der Waals surface area contributed by atoms with Crippen LogP contribution in [0.1, 0.15) is 29.2 Å². The molecule has 5 nitrogen and oxygen atoms in total. The first-order valence-electron chi connectivity index (χ1n) is 9.23. The number of benzene rings is 2. The van der Waals surface area contributed by atoms with Crippen molar-refractivity contribution in [2.45, 2.75) is 40.7 Å². The van der Waals surface area contributed by atoms with Crippen molar-refractivity contribution in [3.8, 4) is 0 Å². The molecule has 2 rings (SSSR count). The molecular weight excluding hydrogens is 374 g/mol. The first-order valence-corrected chi connectivity index (χ1v) is 9.61. The Morgan fingerprint density at radius 3 is 2.21 bits per heavy atom. The third kappa shape index (κ3) is 5.57. The second-order valence-electron chi connectivity index (χ2n) is 7.36. The number of hydrogen-bond acceptors (Lipinski definition) is 3.